The summed E-state index contributed by atoms with van der Waals surface area (Å²) in [5.74, 6) is 0.714. The standard InChI is InChI=1S/C14H20ClN3O2/c1-3-16-12-5-4-10(15)13(17-12)14(20)18-7-6-9(2)11(18)8-19/h4-5,9,11,19H,3,6-8H2,1-2H3,(H,16,17). The van der Waals surface area contributed by atoms with Crippen LogP contribution in [0.25, 0.3) is 0 Å². The highest BCUT2D eigenvalue weighted by Crippen LogP contribution is 2.27. The zero-order valence-electron chi connectivity index (χ0n) is 11.8. The molecule has 0 spiro atoms. The number of likely N-dealkylation sites (tertiary alicyclic amines) is 1. The Hall–Kier alpha value is -1.33. The van der Waals surface area contributed by atoms with Gasteiger partial charge in [0.2, 0.25) is 0 Å². The summed E-state index contributed by atoms with van der Waals surface area (Å²) in [5, 5.41) is 12.9. The minimum atomic E-state index is -0.210. The number of nitrogens with zero attached hydrogens (tertiary/aromatic N) is 2. The Morgan fingerprint density at radius 2 is 2.35 bits per heavy atom. The molecule has 0 bridgehead atoms. The van der Waals surface area contributed by atoms with Crippen LogP contribution in [0.4, 0.5) is 5.82 Å². The molecule has 1 amide bonds. The van der Waals surface area contributed by atoms with Crippen molar-refractivity contribution in [1.82, 2.24) is 9.88 Å². The van der Waals surface area contributed by atoms with E-state index in [0.717, 1.165) is 13.0 Å². The van der Waals surface area contributed by atoms with Gasteiger partial charge in [0.15, 0.2) is 0 Å². The van der Waals surface area contributed by atoms with Gasteiger partial charge in [0.1, 0.15) is 11.5 Å². The maximum Gasteiger partial charge on any atom is 0.274 e. The molecule has 0 aliphatic carbocycles. The minimum absolute atomic E-state index is 0.0303. The van der Waals surface area contributed by atoms with Gasteiger partial charge in [-0.1, -0.05) is 18.5 Å². The number of pyridine rings is 1. The number of hydrogen-bond donors (Lipinski definition) is 2. The summed E-state index contributed by atoms with van der Waals surface area (Å²) in [4.78, 5) is 18.5. The molecule has 6 heteroatoms. The van der Waals surface area contributed by atoms with Crippen LogP contribution in [0, 0.1) is 5.92 Å². The summed E-state index contributed by atoms with van der Waals surface area (Å²) in [5.41, 5.74) is 0.248. The Morgan fingerprint density at radius 3 is 3.00 bits per heavy atom. The van der Waals surface area contributed by atoms with Gasteiger partial charge in [0.05, 0.1) is 17.7 Å². The van der Waals surface area contributed by atoms with Gasteiger partial charge in [-0.25, -0.2) is 4.98 Å². The van der Waals surface area contributed by atoms with Crippen molar-refractivity contribution in [2.75, 3.05) is 25.0 Å². The summed E-state index contributed by atoms with van der Waals surface area (Å²) in [6.07, 6.45) is 0.890. The molecule has 1 aromatic rings. The molecule has 2 rings (SSSR count). The molecule has 5 nitrogen and oxygen atoms in total. The van der Waals surface area contributed by atoms with Crippen molar-refractivity contribution in [2.45, 2.75) is 26.3 Å². The first-order chi connectivity index (χ1) is 9.58. The average Bonchev–Trinajstić information content (AvgIpc) is 2.81. The topological polar surface area (TPSA) is 65.5 Å². The lowest BCUT2D eigenvalue weighted by Gasteiger charge is -2.25. The van der Waals surface area contributed by atoms with Crippen LogP contribution < -0.4 is 5.32 Å². The Bertz CT molecular complexity index is 495. The maximum atomic E-state index is 12.6. The van der Waals surface area contributed by atoms with E-state index in [4.69, 9.17) is 11.6 Å². The van der Waals surface area contributed by atoms with Crippen molar-refractivity contribution in [2.24, 2.45) is 5.92 Å². The van der Waals surface area contributed by atoms with Gasteiger partial charge in [0, 0.05) is 13.1 Å². The fourth-order valence-corrected chi connectivity index (χ4v) is 2.73. The number of aromatic nitrogens is 1. The number of anilines is 1. The fraction of sp³-hybridized carbons (Fsp3) is 0.571. The number of carbonyl (C=O) groups excluding carboxylic acids is 1. The summed E-state index contributed by atoms with van der Waals surface area (Å²) in [6.45, 7) is 5.33. The largest absolute Gasteiger partial charge is 0.394 e. The molecule has 110 valence electrons. The lowest BCUT2D eigenvalue weighted by Crippen LogP contribution is -2.40. The highest BCUT2D eigenvalue weighted by Gasteiger charge is 2.35. The number of hydrogen-bond acceptors (Lipinski definition) is 4. The molecule has 0 saturated carbocycles. The smallest absolute Gasteiger partial charge is 0.274 e. The van der Waals surface area contributed by atoms with E-state index in [1.807, 2.05) is 13.8 Å². The van der Waals surface area contributed by atoms with Crippen LogP contribution in [0.2, 0.25) is 5.02 Å². The molecule has 2 atom stereocenters. The van der Waals surface area contributed by atoms with Gasteiger partial charge in [0.25, 0.3) is 5.91 Å². The Labute approximate surface area is 123 Å². The van der Waals surface area contributed by atoms with Gasteiger partial charge < -0.3 is 15.3 Å². The van der Waals surface area contributed by atoms with Gasteiger partial charge in [-0.3, -0.25) is 4.79 Å². The number of carbonyl (C=O) groups is 1. The van der Waals surface area contributed by atoms with Gasteiger partial charge >= 0.3 is 0 Å². The maximum absolute atomic E-state index is 12.6. The van der Waals surface area contributed by atoms with Crippen LogP contribution in [-0.4, -0.2) is 46.6 Å². The fourth-order valence-electron chi connectivity index (χ4n) is 2.55. The molecule has 1 aliphatic heterocycles. The number of aliphatic hydroxyl groups excluding tert-OH is 1. The van der Waals surface area contributed by atoms with Crippen LogP contribution >= 0.6 is 11.6 Å². The number of halogens is 1. The third kappa shape index (κ3) is 2.88. The van der Waals surface area contributed by atoms with Crippen molar-refractivity contribution < 1.29 is 9.90 Å². The van der Waals surface area contributed by atoms with Crippen LogP contribution in [0.15, 0.2) is 12.1 Å². The Balaban J connectivity index is 2.26. The van der Waals surface area contributed by atoms with E-state index in [-0.39, 0.29) is 24.2 Å². The monoisotopic (exact) mass is 297 g/mol. The van der Waals surface area contributed by atoms with Crippen molar-refractivity contribution >= 4 is 23.3 Å². The molecule has 0 radical (unpaired) electrons. The molecule has 1 aromatic heterocycles. The van der Waals surface area contributed by atoms with E-state index in [1.54, 1.807) is 17.0 Å². The first kappa shape index (κ1) is 15.1. The van der Waals surface area contributed by atoms with E-state index < -0.39 is 0 Å². The lowest BCUT2D eigenvalue weighted by molar-refractivity contribution is 0.0642. The predicted octanol–water partition coefficient (Wildman–Crippen LogP) is 2.01. The van der Waals surface area contributed by atoms with E-state index in [2.05, 4.69) is 10.3 Å². The Morgan fingerprint density at radius 1 is 1.60 bits per heavy atom. The van der Waals surface area contributed by atoms with Gasteiger partial charge in [-0.2, -0.15) is 0 Å². The zero-order chi connectivity index (χ0) is 14.7. The first-order valence-corrected chi connectivity index (χ1v) is 7.28. The molecule has 1 aliphatic rings. The lowest BCUT2D eigenvalue weighted by atomic mass is 10.0. The van der Waals surface area contributed by atoms with E-state index >= 15 is 0 Å². The molecule has 2 heterocycles. The summed E-state index contributed by atoms with van der Waals surface area (Å²) in [7, 11) is 0. The molecule has 2 N–H and O–H groups in total. The molecule has 20 heavy (non-hydrogen) atoms. The zero-order valence-corrected chi connectivity index (χ0v) is 12.5. The number of nitrogens with one attached hydrogen (secondary N) is 1. The number of aliphatic hydroxyl groups is 1. The normalized spacial score (nSPS) is 22.1. The highest BCUT2D eigenvalue weighted by molar-refractivity contribution is 6.33. The second kappa shape index (κ2) is 6.41. The van der Waals surface area contributed by atoms with Crippen LogP contribution in [0.1, 0.15) is 30.8 Å². The van der Waals surface area contributed by atoms with E-state index in [1.165, 1.54) is 0 Å². The molecule has 1 fully saturated rings. The van der Waals surface area contributed by atoms with Crippen LogP contribution in [0.3, 0.4) is 0 Å². The minimum Gasteiger partial charge on any atom is -0.394 e. The first-order valence-electron chi connectivity index (χ1n) is 6.90. The SMILES string of the molecule is CCNc1ccc(Cl)c(C(=O)N2CCC(C)C2CO)n1. The summed E-state index contributed by atoms with van der Waals surface area (Å²) < 4.78 is 0. The van der Waals surface area contributed by atoms with E-state index in [0.29, 0.717) is 23.3 Å². The summed E-state index contributed by atoms with van der Waals surface area (Å²) in [6, 6.07) is 3.27. The predicted molar refractivity (Wildman–Crippen MR) is 79.1 cm³/mol. The molecular weight excluding hydrogens is 278 g/mol. The van der Waals surface area contributed by atoms with Gasteiger partial charge in [-0.05, 0) is 31.4 Å². The van der Waals surface area contributed by atoms with Crippen molar-refractivity contribution in [3.05, 3.63) is 22.8 Å². The van der Waals surface area contributed by atoms with Crippen LogP contribution in [0.5, 0.6) is 0 Å². The molecule has 0 aromatic carbocycles. The third-order valence-electron chi connectivity index (χ3n) is 3.74. The van der Waals surface area contributed by atoms with Crippen molar-refractivity contribution in [3.8, 4) is 0 Å². The van der Waals surface area contributed by atoms with Crippen molar-refractivity contribution in [3.63, 3.8) is 0 Å². The number of amides is 1. The molecular formula is C14H20ClN3O2. The van der Waals surface area contributed by atoms with Crippen molar-refractivity contribution in [1.29, 1.82) is 0 Å². The number of rotatable bonds is 4. The second-order valence-electron chi connectivity index (χ2n) is 5.07. The Kier molecular flexibility index (Phi) is 4.83. The average molecular weight is 298 g/mol. The quantitative estimate of drug-likeness (QED) is 0.892. The van der Waals surface area contributed by atoms with Crippen LogP contribution in [-0.2, 0) is 0 Å². The van der Waals surface area contributed by atoms with E-state index in [9.17, 15) is 9.90 Å². The third-order valence-corrected chi connectivity index (χ3v) is 4.04. The highest BCUT2D eigenvalue weighted by atomic mass is 35.5. The molecule has 1 saturated heterocycles. The second-order valence-corrected chi connectivity index (χ2v) is 5.48. The summed E-state index contributed by atoms with van der Waals surface area (Å²) >= 11 is 6.10. The van der Waals surface area contributed by atoms with Gasteiger partial charge in [-0.15, -0.1) is 0 Å². The molecule has 2 unspecified atom stereocenters.